The zero-order valence-corrected chi connectivity index (χ0v) is 59.2. The lowest BCUT2D eigenvalue weighted by molar-refractivity contribution is -0.149. The van der Waals surface area contributed by atoms with E-state index in [1.165, 1.54) is 24.3 Å². The van der Waals surface area contributed by atoms with Crippen LogP contribution in [-0.2, 0) is 57.3 Å². The number of carbonyl (C=O) groups is 8. The van der Waals surface area contributed by atoms with Gasteiger partial charge in [0.25, 0.3) is 0 Å². The lowest BCUT2D eigenvalue weighted by atomic mass is 9.95. The lowest BCUT2D eigenvalue weighted by Gasteiger charge is -2.16. The van der Waals surface area contributed by atoms with Crippen molar-refractivity contribution in [1.82, 2.24) is 0 Å². The number of ketones is 4. The number of carbonyl (C=O) groups excluding carboxylic acids is 8. The van der Waals surface area contributed by atoms with Gasteiger partial charge in [-0.25, -0.2) is 17.6 Å². The summed E-state index contributed by atoms with van der Waals surface area (Å²) in [5, 5.41) is 0. The third-order valence-corrected chi connectivity index (χ3v) is 17.4. The fraction of sp³-hybridized carbons (Fsp3) is 0.500. The highest BCUT2D eigenvalue weighted by molar-refractivity contribution is 6.11. The molecule has 0 aromatic rings. The minimum Gasteiger partial charge on any atom is -0.462 e. The lowest BCUT2D eigenvalue weighted by Crippen LogP contribution is -2.18. The van der Waals surface area contributed by atoms with Crippen molar-refractivity contribution in [3.8, 4) is 0 Å². The van der Waals surface area contributed by atoms with Crippen LogP contribution in [0, 0.1) is 23.7 Å². The summed E-state index contributed by atoms with van der Waals surface area (Å²) in [7, 11) is 0. The molecule has 5 aliphatic rings. The summed E-state index contributed by atoms with van der Waals surface area (Å²) in [4.78, 5) is 105. The SMILES string of the molecule is O=C1CCCC=CCC2C=C(F)C(=O)C2=CC[C@@H](C/C=C\CC(F)(F)F)OC(=O)CCCC=CC[C@H]2C=C(F)C(=O)C2=CC[C@H](C/C=C\CC(F)(F)F)OC(=O)CCCC=CCC2C=C(F)C(=O)C2=CC[C@@H](C/C=C\CC(F)(F)F)OC(=O)CCCC=CC[C@H]2C=C(F)C(=O)C2=CC[C@H](C/C=C\CC(F)(F)F)O1. The summed E-state index contributed by atoms with van der Waals surface area (Å²) in [6.45, 7) is 0. The van der Waals surface area contributed by atoms with Crippen LogP contribution in [0.3, 0.4) is 0 Å². The molecule has 108 heavy (non-hydrogen) atoms. The zero-order valence-electron chi connectivity index (χ0n) is 59.2. The molecule has 2 unspecified atom stereocenters. The van der Waals surface area contributed by atoms with Gasteiger partial charge in [-0.3, -0.25) is 38.4 Å². The van der Waals surface area contributed by atoms with Crippen LogP contribution in [0.1, 0.15) is 180 Å². The Hall–Kier alpha value is -8.72. The number of halogens is 16. The van der Waals surface area contributed by atoms with Gasteiger partial charge >= 0.3 is 48.6 Å². The summed E-state index contributed by atoms with van der Waals surface area (Å²) in [6, 6.07) is 0. The highest BCUT2D eigenvalue weighted by atomic mass is 19.4. The Morgan fingerprint density at radius 1 is 0.287 bits per heavy atom. The molecule has 0 spiro atoms. The van der Waals surface area contributed by atoms with Gasteiger partial charge in [0.15, 0.2) is 23.3 Å². The summed E-state index contributed by atoms with van der Waals surface area (Å²) in [6.07, 6.45) is 1.87. The number of ether oxygens (including phenoxy) is 4. The van der Waals surface area contributed by atoms with Crippen molar-refractivity contribution in [3.05, 3.63) is 191 Å². The van der Waals surface area contributed by atoms with E-state index in [9.17, 15) is 109 Å². The minimum atomic E-state index is -4.55. The van der Waals surface area contributed by atoms with E-state index in [4.69, 9.17) is 18.9 Å². The number of cyclic esters (lactones) is 4. The Morgan fingerprint density at radius 3 is 0.667 bits per heavy atom. The van der Waals surface area contributed by atoms with Crippen molar-refractivity contribution in [2.75, 3.05) is 0 Å². The molecule has 0 saturated carbocycles. The molecule has 0 aromatic carbocycles. The van der Waals surface area contributed by atoms with Gasteiger partial charge < -0.3 is 18.9 Å². The molecule has 0 radical (unpaired) electrons. The Balaban J connectivity index is 1.35. The van der Waals surface area contributed by atoms with Crippen molar-refractivity contribution in [1.29, 1.82) is 0 Å². The largest absolute Gasteiger partial charge is 0.462 e. The summed E-state index contributed by atoms with van der Waals surface area (Å²) in [5.41, 5.74) is -0.0857. The van der Waals surface area contributed by atoms with Gasteiger partial charge in [0.05, 0.1) is 25.7 Å². The molecule has 0 N–H and O–H groups in total. The van der Waals surface area contributed by atoms with Crippen molar-refractivity contribution in [2.45, 2.75) is 229 Å². The second kappa shape index (κ2) is 45.3. The van der Waals surface area contributed by atoms with Crippen LogP contribution in [0.25, 0.3) is 0 Å². The van der Waals surface area contributed by atoms with E-state index in [0.717, 1.165) is 72.9 Å². The van der Waals surface area contributed by atoms with Gasteiger partial charge in [0.2, 0.25) is 23.1 Å². The highest BCUT2D eigenvalue weighted by Crippen LogP contribution is 2.37. The van der Waals surface area contributed by atoms with Crippen LogP contribution in [0.5, 0.6) is 0 Å². The predicted molar refractivity (Wildman–Crippen MR) is 369 cm³/mol. The first kappa shape index (κ1) is 89.9. The fourth-order valence-corrected chi connectivity index (χ4v) is 11.9. The molecule has 0 amide bonds. The summed E-state index contributed by atoms with van der Waals surface area (Å²) in [5.74, 6) is -14.6. The van der Waals surface area contributed by atoms with Crippen molar-refractivity contribution < 1.29 is 128 Å². The smallest absolute Gasteiger partial charge is 0.392 e. The molecule has 0 aromatic heterocycles. The van der Waals surface area contributed by atoms with Crippen molar-refractivity contribution in [3.63, 3.8) is 0 Å². The standard InChI is InChI=1S/C80H88F16O12/c81-65-49-53-25-9-1-5-13-33-69(97)105-57(29-17-21-45-77(85,86)87)38-42-62-54(50-66(82)74(62)102)26-10-3-7-15-35-71(99)107-59(31-19-23-47-79(91,92)93)40-44-64-56(52-68(84)76(64)104)28-12-4-8-16-36-72(100)108-60(32-20-24-48-80(94,95)96)39-43-63-55(51-67(83)75(63)103)27-11-2-6-14-34-70(98)106-58(37-41-61(53)73(65)101)30-18-22-46-78(88,89)90/h1-4,9-12,17-24,41-44,49-60H,5-8,13-16,25-40,45-48H2/b9-1?,10-3?,11-2?,12-4?,21-17-,22-18-,23-19-,24-20-,61-41?,62-42?,63-43?,64-44?/t53-,54?,55?,56-,57+,58-,59-,60+/m0/s1. The molecule has 592 valence electrons. The van der Waals surface area contributed by atoms with Gasteiger partial charge in [-0.05, 0) is 101 Å². The van der Waals surface area contributed by atoms with E-state index >= 15 is 0 Å². The van der Waals surface area contributed by atoms with Crippen LogP contribution in [0.15, 0.2) is 191 Å². The minimum absolute atomic E-state index is 0.0214. The first-order valence-electron chi connectivity index (χ1n) is 35.8. The first-order valence-corrected chi connectivity index (χ1v) is 35.8. The van der Waals surface area contributed by atoms with E-state index in [0.29, 0.717) is 0 Å². The molecular weight excluding hydrogens is 1460 g/mol. The number of fused-ring (bicyclic) bond motifs is 4. The average molecular weight is 1550 g/mol. The van der Waals surface area contributed by atoms with Gasteiger partial charge in [-0.15, -0.1) is 0 Å². The summed E-state index contributed by atoms with van der Waals surface area (Å²) >= 11 is 0. The van der Waals surface area contributed by atoms with Gasteiger partial charge in [0, 0.05) is 123 Å². The highest BCUT2D eigenvalue weighted by Gasteiger charge is 2.35. The number of alkyl halides is 12. The predicted octanol–water partition coefficient (Wildman–Crippen LogP) is 21.2. The molecule has 0 fully saturated rings. The Kier molecular flexibility index (Phi) is 37.7. The molecule has 4 aliphatic carbocycles. The van der Waals surface area contributed by atoms with Crippen LogP contribution >= 0.6 is 0 Å². The second-order valence-electron chi connectivity index (χ2n) is 26.3. The summed E-state index contributed by atoms with van der Waals surface area (Å²) < 4.78 is 238. The van der Waals surface area contributed by atoms with Crippen LogP contribution in [0.2, 0.25) is 0 Å². The molecule has 1 aliphatic heterocycles. The van der Waals surface area contributed by atoms with Gasteiger partial charge in [0.1, 0.15) is 24.4 Å². The second-order valence-corrected chi connectivity index (χ2v) is 26.3. The average Bonchev–Trinajstić information content (AvgIpc) is 1.71. The monoisotopic (exact) mass is 1540 g/mol. The maximum atomic E-state index is 14.9. The van der Waals surface area contributed by atoms with E-state index in [2.05, 4.69) is 0 Å². The molecular formula is C80H88F16O12. The van der Waals surface area contributed by atoms with E-state index in [1.54, 1.807) is 48.6 Å². The topological polar surface area (TPSA) is 173 Å². The Bertz CT molecular complexity index is 3150. The van der Waals surface area contributed by atoms with E-state index in [1.807, 2.05) is 0 Å². The van der Waals surface area contributed by atoms with E-state index < -0.39 is 169 Å². The molecule has 8 atom stereocenters. The number of Topliss-reactive ketones (excluding diaryl/α,β-unsaturated/α-hetero) is 4. The Labute approximate surface area is 616 Å². The number of rotatable bonds is 12. The number of allylic oxidation sites excluding steroid dienone is 24. The molecule has 28 heteroatoms. The van der Waals surface area contributed by atoms with Gasteiger partial charge in [-0.1, -0.05) is 122 Å². The molecule has 1 heterocycles. The van der Waals surface area contributed by atoms with E-state index in [-0.39, 0.29) is 176 Å². The van der Waals surface area contributed by atoms with Crippen LogP contribution in [0.4, 0.5) is 70.2 Å². The molecule has 5 rings (SSSR count). The maximum Gasteiger partial charge on any atom is 0.392 e. The van der Waals surface area contributed by atoms with Crippen molar-refractivity contribution >= 4 is 47.0 Å². The maximum absolute atomic E-state index is 14.9. The quantitative estimate of drug-likeness (QED) is 0.0784. The van der Waals surface area contributed by atoms with Crippen LogP contribution < -0.4 is 0 Å². The van der Waals surface area contributed by atoms with Gasteiger partial charge in [-0.2, -0.15) is 52.7 Å². The number of hydrogen-bond donors (Lipinski definition) is 0. The van der Waals surface area contributed by atoms with Crippen LogP contribution in [-0.4, -0.2) is 96.1 Å². The number of esters is 4. The normalized spacial score (nSPS) is 25.2. The van der Waals surface area contributed by atoms with Crippen molar-refractivity contribution in [2.24, 2.45) is 23.7 Å². The molecule has 0 saturated heterocycles. The Morgan fingerprint density at radius 2 is 0.481 bits per heavy atom. The zero-order chi connectivity index (χ0) is 79.5. The third-order valence-electron chi connectivity index (χ3n) is 17.4. The molecule has 0 bridgehead atoms. The first-order chi connectivity index (χ1) is 51.0. The molecule has 12 nitrogen and oxygen atoms in total. The fourth-order valence-electron chi connectivity index (χ4n) is 11.9. The number of hydrogen-bond acceptors (Lipinski definition) is 12. The third kappa shape index (κ3) is 35.5.